The van der Waals surface area contributed by atoms with E-state index < -0.39 is 11.7 Å². The van der Waals surface area contributed by atoms with E-state index in [1.807, 2.05) is 29.0 Å². The Morgan fingerprint density at radius 1 is 1.04 bits per heavy atom. The van der Waals surface area contributed by atoms with E-state index in [0.717, 1.165) is 19.3 Å². The van der Waals surface area contributed by atoms with Gasteiger partial charge < -0.3 is 26.1 Å². The average molecular weight is 639 g/mol. The molecule has 1 aromatic heterocycles. The van der Waals surface area contributed by atoms with E-state index in [0.29, 0.717) is 42.1 Å². The van der Waals surface area contributed by atoms with Crippen LogP contribution in [0.5, 0.6) is 0 Å². The van der Waals surface area contributed by atoms with Crippen molar-refractivity contribution in [3.05, 3.63) is 64.6 Å². The molecule has 5 N–H and O–H groups in total. The number of hydrogen-bond acceptors (Lipinski definition) is 7. The van der Waals surface area contributed by atoms with Gasteiger partial charge in [0.2, 0.25) is 5.91 Å². The number of carbonyl (C=O) groups excluding carboxylic acids is 2. The number of halogens is 2. The van der Waals surface area contributed by atoms with Gasteiger partial charge in [-0.05, 0) is 56.0 Å². The highest BCUT2D eigenvalue weighted by molar-refractivity contribution is 6.34. The normalized spacial score (nSPS) is 25.2. The highest BCUT2D eigenvalue weighted by Crippen LogP contribution is 2.34. The molecule has 3 fully saturated rings. The van der Waals surface area contributed by atoms with E-state index >= 15 is 4.39 Å². The Morgan fingerprint density at radius 2 is 1.78 bits per heavy atom. The molecule has 0 bridgehead atoms. The molecule has 6 rings (SSSR count). The molecule has 3 aliphatic rings. The Labute approximate surface area is 269 Å². The summed E-state index contributed by atoms with van der Waals surface area (Å²) in [5, 5.41) is 3.50. The van der Waals surface area contributed by atoms with Crippen molar-refractivity contribution in [2.45, 2.75) is 82.2 Å². The summed E-state index contributed by atoms with van der Waals surface area (Å²) in [6, 6.07) is 10.0. The highest BCUT2D eigenvalue weighted by Gasteiger charge is 2.41. The van der Waals surface area contributed by atoms with Crippen molar-refractivity contribution in [3.8, 4) is 0 Å². The molecule has 2 saturated heterocycles. The number of nitrogens with two attached hydrogens (primary N) is 2. The molecule has 2 amide bonds. The number of rotatable bonds is 8. The van der Waals surface area contributed by atoms with E-state index in [1.54, 1.807) is 12.1 Å². The first-order valence-electron chi connectivity index (χ1n) is 16.2. The molecular formula is C34H44ClFN6O3. The topological polar surface area (TPSA) is 121 Å². The minimum absolute atomic E-state index is 0.0819. The van der Waals surface area contributed by atoms with Gasteiger partial charge in [0.25, 0.3) is 5.91 Å². The van der Waals surface area contributed by atoms with Crippen LogP contribution in [0.25, 0.3) is 11.0 Å². The molecule has 242 valence electrons. The lowest BCUT2D eigenvalue weighted by molar-refractivity contribution is -0.131. The maximum Gasteiger partial charge on any atom is 0.259 e. The van der Waals surface area contributed by atoms with Gasteiger partial charge in [-0.3, -0.25) is 19.4 Å². The third kappa shape index (κ3) is 7.05. The molecule has 0 radical (unpaired) electrons. The maximum atomic E-state index is 15.5. The number of anilines is 1. The van der Waals surface area contributed by atoms with Crippen LogP contribution in [-0.2, 0) is 11.2 Å². The van der Waals surface area contributed by atoms with Crippen LogP contribution < -0.4 is 16.8 Å². The van der Waals surface area contributed by atoms with E-state index in [2.05, 4.69) is 10.2 Å². The Bertz CT molecular complexity index is 1510. The molecule has 3 aromatic rings. The van der Waals surface area contributed by atoms with Crippen LogP contribution in [0.4, 0.5) is 10.1 Å². The van der Waals surface area contributed by atoms with Crippen molar-refractivity contribution in [1.82, 2.24) is 14.7 Å². The summed E-state index contributed by atoms with van der Waals surface area (Å²) in [7, 11) is 1.94. The number of fused-ring (bicyclic) bond motifs is 1. The third-order valence-electron chi connectivity index (χ3n) is 10.2. The van der Waals surface area contributed by atoms with E-state index in [-0.39, 0.29) is 53.0 Å². The van der Waals surface area contributed by atoms with E-state index in [9.17, 15) is 9.59 Å². The number of nitrogens with zero attached hydrogens (tertiary/aromatic N) is 3. The van der Waals surface area contributed by atoms with Gasteiger partial charge >= 0.3 is 0 Å². The standard InChI is InChI=1S/C34H44ClFN6O3/c1-40-31(37)18-41(19-32(40)38)24-15-23(12-11-21-7-3-2-4-8-21)42(17-24)33(43)14-22-13-27(35)29(16-28(22)36)39-34(44)26-20-45-30-10-6-5-9-25(26)30/h5-6,9-10,13,16,20-21,23-24,31-32H,2-4,7-8,11-12,14-15,17-19,37-38H2,1H3,(H,39,44). The van der Waals surface area contributed by atoms with Crippen LogP contribution >= 0.6 is 11.6 Å². The number of nitrogens with one attached hydrogen (secondary N) is 1. The van der Waals surface area contributed by atoms with Crippen LogP contribution in [0, 0.1) is 11.7 Å². The van der Waals surface area contributed by atoms with Crippen LogP contribution in [0.2, 0.25) is 5.02 Å². The van der Waals surface area contributed by atoms with Gasteiger partial charge in [-0.25, -0.2) is 4.39 Å². The molecule has 1 aliphatic carbocycles. The van der Waals surface area contributed by atoms with Gasteiger partial charge in [0, 0.05) is 37.1 Å². The summed E-state index contributed by atoms with van der Waals surface area (Å²) >= 11 is 6.53. The molecule has 2 aromatic carbocycles. The Morgan fingerprint density at radius 3 is 2.53 bits per heavy atom. The number of likely N-dealkylation sites (tertiary alicyclic amines) is 1. The predicted octanol–water partition coefficient (Wildman–Crippen LogP) is 5.17. The van der Waals surface area contributed by atoms with Gasteiger partial charge in [0.05, 0.1) is 35.0 Å². The SMILES string of the molecule is CN1C(N)CN(C2CC(CCC3CCCCC3)N(C(=O)Cc3cc(Cl)c(NC(=O)c4coc5ccccc45)cc3F)C2)CC1N. The average Bonchev–Trinajstić information content (AvgIpc) is 3.66. The summed E-state index contributed by atoms with van der Waals surface area (Å²) < 4.78 is 20.9. The fraction of sp³-hybridized carbons (Fsp3) is 0.529. The summed E-state index contributed by atoms with van der Waals surface area (Å²) in [5.74, 6) is -0.465. The zero-order chi connectivity index (χ0) is 31.7. The number of piperazine rings is 1. The van der Waals surface area contributed by atoms with Crippen molar-refractivity contribution in [2.75, 3.05) is 32.0 Å². The molecular weight excluding hydrogens is 595 g/mol. The predicted molar refractivity (Wildman–Crippen MR) is 174 cm³/mol. The molecule has 2 aliphatic heterocycles. The Hall–Kier alpha value is -3.02. The first-order valence-corrected chi connectivity index (χ1v) is 16.6. The molecule has 45 heavy (non-hydrogen) atoms. The van der Waals surface area contributed by atoms with Gasteiger partial charge in [-0.15, -0.1) is 0 Å². The summed E-state index contributed by atoms with van der Waals surface area (Å²) in [6.07, 6.45) is 10.2. The van der Waals surface area contributed by atoms with Crippen LogP contribution in [-0.4, -0.2) is 77.6 Å². The molecule has 9 nitrogen and oxygen atoms in total. The fourth-order valence-electron chi connectivity index (χ4n) is 7.42. The number of amides is 2. The number of likely N-dealkylation sites (N-methyl/N-ethyl adjacent to an activating group) is 1. The lowest BCUT2D eigenvalue weighted by atomic mass is 9.85. The van der Waals surface area contributed by atoms with Crippen molar-refractivity contribution in [1.29, 1.82) is 0 Å². The molecule has 1 saturated carbocycles. The second-order valence-corrected chi connectivity index (χ2v) is 13.5. The van der Waals surface area contributed by atoms with Gasteiger partial charge in [0.15, 0.2) is 0 Å². The monoisotopic (exact) mass is 638 g/mol. The third-order valence-corrected chi connectivity index (χ3v) is 10.5. The number of furan rings is 1. The number of carbonyl (C=O) groups is 2. The van der Waals surface area contributed by atoms with Crippen molar-refractivity contribution in [2.24, 2.45) is 17.4 Å². The van der Waals surface area contributed by atoms with Crippen LogP contribution in [0.3, 0.4) is 0 Å². The second-order valence-electron chi connectivity index (χ2n) is 13.1. The summed E-state index contributed by atoms with van der Waals surface area (Å²) in [5.41, 5.74) is 14.0. The summed E-state index contributed by atoms with van der Waals surface area (Å²) in [4.78, 5) is 33.1. The second kappa shape index (κ2) is 13.8. The van der Waals surface area contributed by atoms with Gasteiger partial charge in [0.1, 0.15) is 17.7 Å². The quantitative estimate of drug-likeness (QED) is 0.311. The zero-order valence-electron chi connectivity index (χ0n) is 25.9. The lowest BCUT2D eigenvalue weighted by Gasteiger charge is -2.44. The summed E-state index contributed by atoms with van der Waals surface area (Å²) in [6.45, 7) is 1.95. The Balaban J connectivity index is 1.15. The lowest BCUT2D eigenvalue weighted by Crippen LogP contribution is -2.65. The van der Waals surface area contributed by atoms with Gasteiger partial charge in [-0.1, -0.05) is 61.9 Å². The van der Waals surface area contributed by atoms with Crippen molar-refractivity contribution < 1.29 is 18.4 Å². The van der Waals surface area contributed by atoms with Crippen molar-refractivity contribution >= 4 is 40.1 Å². The molecule has 0 spiro atoms. The van der Waals surface area contributed by atoms with Crippen molar-refractivity contribution in [3.63, 3.8) is 0 Å². The number of benzene rings is 2. The van der Waals surface area contributed by atoms with Gasteiger partial charge in [-0.2, -0.15) is 0 Å². The maximum absolute atomic E-state index is 15.5. The number of para-hydroxylation sites is 1. The minimum atomic E-state index is -0.592. The Kier molecular flexibility index (Phi) is 9.77. The zero-order valence-corrected chi connectivity index (χ0v) is 26.6. The minimum Gasteiger partial charge on any atom is -0.463 e. The first-order chi connectivity index (χ1) is 21.7. The molecule has 4 unspecified atom stereocenters. The van der Waals surface area contributed by atoms with E-state index in [4.69, 9.17) is 27.5 Å². The molecule has 11 heteroatoms. The fourth-order valence-corrected chi connectivity index (χ4v) is 7.66. The largest absolute Gasteiger partial charge is 0.463 e. The highest BCUT2D eigenvalue weighted by atomic mass is 35.5. The molecule has 4 atom stereocenters. The first kappa shape index (κ1) is 31.9. The van der Waals surface area contributed by atoms with Crippen LogP contribution in [0.1, 0.15) is 67.3 Å². The molecule has 3 heterocycles. The number of hydrogen-bond donors (Lipinski definition) is 3. The van der Waals surface area contributed by atoms with Crippen LogP contribution in [0.15, 0.2) is 47.1 Å². The van der Waals surface area contributed by atoms with E-state index in [1.165, 1.54) is 50.5 Å². The smallest absolute Gasteiger partial charge is 0.259 e.